The number of likely N-dealkylation sites (tertiary alicyclic amines) is 1. The Hall–Kier alpha value is -0.0500. The van der Waals surface area contributed by atoms with Crippen molar-refractivity contribution < 1.29 is 4.79 Å². The van der Waals surface area contributed by atoms with Crippen LogP contribution in [0.1, 0.15) is 33.6 Å². The van der Waals surface area contributed by atoms with E-state index in [2.05, 4.69) is 29.8 Å². The van der Waals surface area contributed by atoms with Gasteiger partial charge in [0, 0.05) is 23.8 Å². The molecule has 3 unspecified atom stereocenters. The molecule has 3 heteroatoms. The fourth-order valence-corrected chi connectivity index (χ4v) is 2.18. The van der Waals surface area contributed by atoms with Crippen LogP contribution >= 0.6 is 15.9 Å². The van der Waals surface area contributed by atoms with Crippen molar-refractivity contribution in [1.82, 2.24) is 4.90 Å². The van der Waals surface area contributed by atoms with Gasteiger partial charge in [-0.05, 0) is 18.8 Å². The molecule has 1 aliphatic heterocycles. The molecule has 1 rings (SSSR count). The predicted molar refractivity (Wildman–Crippen MR) is 62.5 cm³/mol. The predicted octanol–water partition coefficient (Wildman–Crippen LogP) is 2.66. The quantitative estimate of drug-likeness (QED) is 0.700. The maximum atomic E-state index is 11.9. The Balaban J connectivity index is 2.50. The Morgan fingerprint density at radius 2 is 2.29 bits per heavy atom. The zero-order chi connectivity index (χ0) is 10.7. The number of nitrogens with zero attached hydrogens (tertiary/aromatic N) is 1. The second kappa shape index (κ2) is 5.15. The first-order chi connectivity index (χ1) is 6.56. The molecule has 1 aliphatic rings. The number of alkyl halides is 1. The lowest BCUT2D eigenvalue weighted by Crippen LogP contribution is -2.45. The van der Waals surface area contributed by atoms with E-state index in [9.17, 15) is 4.79 Å². The maximum Gasteiger partial charge on any atom is 0.225 e. The van der Waals surface area contributed by atoms with E-state index in [1.165, 1.54) is 0 Å². The summed E-state index contributed by atoms with van der Waals surface area (Å²) in [5.74, 6) is 1.10. The average Bonchev–Trinajstić information content (AvgIpc) is 2.20. The lowest BCUT2D eigenvalue weighted by molar-refractivity contribution is -0.136. The molecule has 0 saturated carbocycles. The van der Waals surface area contributed by atoms with Crippen LogP contribution in [0.15, 0.2) is 0 Å². The maximum absolute atomic E-state index is 11.9. The first kappa shape index (κ1) is 12.0. The van der Waals surface area contributed by atoms with Crippen molar-refractivity contribution in [2.24, 2.45) is 11.8 Å². The second-order valence-electron chi connectivity index (χ2n) is 4.38. The zero-order valence-electron chi connectivity index (χ0n) is 9.29. The van der Waals surface area contributed by atoms with Gasteiger partial charge in [-0.1, -0.05) is 36.7 Å². The standard InChI is InChI=1S/C11H20BrNO/c1-4-8(2)11(14)13-6-5-10(12)9(3)7-13/h8-10H,4-7H2,1-3H3. The van der Waals surface area contributed by atoms with Crippen molar-refractivity contribution in [3.8, 4) is 0 Å². The van der Waals surface area contributed by atoms with Crippen molar-refractivity contribution in [1.29, 1.82) is 0 Å². The minimum Gasteiger partial charge on any atom is -0.342 e. The molecule has 0 spiro atoms. The van der Waals surface area contributed by atoms with Crippen LogP contribution in [0, 0.1) is 11.8 Å². The Kier molecular flexibility index (Phi) is 4.42. The van der Waals surface area contributed by atoms with Gasteiger partial charge in [-0.25, -0.2) is 0 Å². The van der Waals surface area contributed by atoms with Gasteiger partial charge in [0.15, 0.2) is 0 Å². The van der Waals surface area contributed by atoms with Crippen LogP contribution in [0.25, 0.3) is 0 Å². The summed E-state index contributed by atoms with van der Waals surface area (Å²) < 4.78 is 0. The van der Waals surface area contributed by atoms with Crippen LogP contribution in [0.5, 0.6) is 0 Å². The average molecular weight is 262 g/mol. The molecule has 0 aliphatic carbocycles. The van der Waals surface area contributed by atoms with Gasteiger partial charge in [0.1, 0.15) is 0 Å². The normalized spacial score (nSPS) is 30.1. The van der Waals surface area contributed by atoms with Crippen molar-refractivity contribution in [2.45, 2.75) is 38.4 Å². The highest BCUT2D eigenvalue weighted by Crippen LogP contribution is 2.24. The third kappa shape index (κ3) is 2.72. The molecule has 1 amide bonds. The highest BCUT2D eigenvalue weighted by molar-refractivity contribution is 9.09. The molecule has 0 bridgehead atoms. The van der Waals surface area contributed by atoms with E-state index in [0.29, 0.717) is 16.7 Å². The van der Waals surface area contributed by atoms with Crippen LogP contribution in [0.2, 0.25) is 0 Å². The van der Waals surface area contributed by atoms with E-state index >= 15 is 0 Å². The Bertz CT molecular complexity index is 207. The first-order valence-corrected chi connectivity index (χ1v) is 6.40. The monoisotopic (exact) mass is 261 g/mol. The largest absolute Gasteiger partial charge is 0.342 e. The third-order valence-electron chi connectivity index (χ3n) is 3.15. The molecule has 0 radical (unpaired) electrons. The minimum absolute atomic E-state index is 0.189. The van der Waals surface area contributed by atoms with E-state index < -0.39 is 0 Å². The summed E-state index contributed by atoms with van der Waals surface area (Å²) in [6.45, 7) is 8.13. The van der Waals surface area contributed by atoms with Gasteiger partial charge < -0.3 is 4.90 Å². The van der Waals surface area contributed by atoms with Gasteiger partial charge in [0.2, 0.25) is 5.91 Å². The number of carbonyl (C=O) groups excluding carboxylic acids is 1. The van der Waals surface area contributed by atoms with E-state index in [1.807, 2.05) is 11.8 Å². The van der Waals surface area contributed by atoms with Gasteiger partial charge in [0.25, 0.3) is 0 Å². The number of rotatable bonds is 2. The molecule has 3 atom stereocenters. The van der Waals surface area contributed by atoms with Crippen LogP contribution in [0.4, 0.5) is 0 Å². The van der Waals surface area contributed by atoms with Crippen LogP contribution in [-0.2, 0) is 4.79 Å². The SMILES string of the molecule is CCC(C)C(=O)N1CCC(Br)C(C)C1. The van der Waals surface area contributed by atoms with Crippen molar-refractivity contribution in [3.63, 3.8) is 0 Å². The summed E-state index contributed by atoms with van der Waals surface area (Å²) in [5.41, 5.74) is 0. The number of hydrogen-bond donors (Lipinski definition) is 0. The highest BCUT2D eigenvalue weighted by Gasteiger charge is 2.28. The molecule has 0 N–H and O–H groups in total. The zero-order valence-corrected chi connectivity index (χ0v) is 10.9. The molecule has 0 aromatic carbocycles. The molecular weight excluding hydrogens is 242 g/mol. The van der Waals surface area contributed by atoms with Crippen LogP contribution < -0.4 is 0 Å². The Morgan fingerprint density at radius 1 is 1.64 bits per heavy atom. The molecule has 82 valence electrons. The molecular formula is C11H20BrNO. The number of carbonyl (C=O) groups is 1. The summed E-state index contributed by atoms with van der Waals surface area (Å²) in [4.78, 5) is 14.5. The molecule has 0 aromatic heterocycles. The molecule has 2 nitrogen and oxygen atoms in total. The van der Waals surface area contributed by atoms with E-state index in [0.717, 1.165) is 25.9 Å². The summed E-state index contributed by atoms with van der Waals surface area (Å²) in [7, 11) is 0. The number of halogens is 1. The third-order valence-corrected chi connectivity index (χ3v) is 4.51. The second-order valence-corrected chi connectivity index (χ2v) is 5.55. The number of amides is 1. The topological polar surface area (TPSA) is 20.3 Å². The number of piperidine rings is 1. The molecule has 1 heterocycles. The van der Waals surface area contributed by atoms with E-state index in [4.69, 9.17) is 0 Å². The van der Waals surface area contributed by atoms with Gasteiger partial charge in [-0.3, -0.25) is 4.79 Å². The summed E-state index contributed by atoms with van der Waals surface area (Å²) in [6, 6.07) is 0. The van der Waals surface area contributed by atoms with Gasteiger partial charge >= 0.3 is 0 Å². The summed E-state index contributed by atoms with van der Waals surface area (Å²) >= 11 is 3.65. The molecule has 0 aromatic rings. The minimum atomic E-state index is 0.189. The van der Waals surface area contributed by atoms with Crippen molar-refractivity contribution in [2.75, 3.05) is 13.1 Å². The fraction of sp³-hybridized carbons (Fsp3) is 0.909. The Labute approximate surface area is 95.2 Å². The van der Waals surface area contributed by atoms with Gasteiger partial charge in [-0.2, -0.15) is 0 Å². The summed E-state index contributed by atoms with van der Waals surface area (Å²) in [6.07, 6.45) is 2.03. The molecule has 1 saturated heterocycles. The van der Waals surface area contributed by atoms with Crippen molar-refractivity contribution >= 4 is 21.8 Å². The van der Waals surface area contributed by atoms with Crippen LogP contribution in [0.3, 0.4) is 0 Å². The first-order valence-electron chi connectivity index (χ1n) is 5.49. The van der Waals surface area contributed by atoms with Gasteiger partial charge in [-0.15, -0.1) is 0 Å². The molecule has 14 heavy (non-hydrogen) atoms. The Morgan fingerprint density at radius 3 is 2.79 bits per heavy atom. The number of hydrogen-bond acceptors (Lipinski definition) is 1. The fourth-order valence-electron chi connectivity index (χ4n) is 1.80. The smallest absolute Gasteiger partial charge is 0.225 e. The summed E-state index contributed by atoms with van der Waals surface area (Å²) in [5, 5.41) is 0. The highest BCUT2D eigenvalue weighted by atomic mass is 79.9. The van der Waals surface area contributed by atoms with Crippen molar-refractivity contribution in [3.05, 3.63) is 0 Å². The lowest BCUT2D eigenvalue weighted by atomic mass is 9.98. The molecule has 1 fully saturated rings. The van der Waals surface area contributed by atoms with E-state index in [1.54, 1.807) is 0 Å². The van der Waals surface area contributed by atoms with E-state index in [-0.39, 0.29) is 5.92 Å². The van der Waals surface area contributed by atoms with Crippen LogP contribution in [-0.4, -0.2) is 28.7 Å². The van der Waals surface area contributed by atoms with Gasteiger partial charge in [0.05, 0.1) is 0 Å². The lowest BCUT2D eigenvalue weighted by Gasteiger charge is -2.35.